The zero-order valence-corrected chi connectivity index (χ0v) is 14.3. The molecule has 2 saturated heterocycles. The number of benzene rings is 1. The molecule has 0 bridgehead atoms. The second-order valence-electron chi connectivity index (χ2n) is 7.42. The van der Waals surface area contributed by atoms with Crippen LogP contribution in [-0.2, 0) is 9.53 Å². The number of morpholine rings is 1. The van der Waals surface area contributed by atoms with Crippen molar-refractivity contribution in [1.82, 2.24) is 15.8 Å². The maximum atomic E-state index is 13.2. The molecular formula is C19H27N3O2. The van der Waals surface area contributed by atoms with Gasteiger partial charge in [0.25, 0.3) is 0 Å². The van der Waals surface area contributed by atoms with E-state index < -0.39 is 0 Å². The molecular weight excluding hydrogens is 302 g/mol. The van der Waals surface area contributed by atoms with Crippen LogP contribution in [-0.4, -0.2) is 42.6 Å². The Hall–Kier alpha value is -1.43. The molecule has 4 rings (SSSR count). The minimum atomic E-state index is -0.0156. The lowest BCUT2D eigenvalue weighted by molar-refractivity contribution is -0.151. The van der Waals surface area contributed by atoms with Crippen LogP contribution in [0.5, 0.6) is 0 Å². The van der Waals surface area contributed by atoms with Crippen LogP contribution in [0.15, 0.2) is 30.3 Å². The number of fused-ring (bicyclic) bond motifs is 1. The number of hydrogen-bond acceptors (Lipinski definition) is 4. The van der Waals surface area contributed by atoms with Gasteiger partial charge >= 0.3 is 0 Å². The molecule has 1 aliphatic carbocycles. The largest absolute Gasteiger partial charge is 0.367 e. The standard InChI is InChI=1S/C19H27N3O2/c1-13-11-22(12-18(24-13)14-6-3-2-4-7-14)19(23)15-8-5-9-17-16(15)10-20-21-17/h2-4,6-7,13,15-18,20-21H,5,8-12H2,1H3. The third-order valence-electron chi connectivity index (χ3n) is 5.75. The molecule has 3 aliphatic rings. The summed E-state index contributed by atoms with van der Waals surface area (Å²) in [5.74, 6) is 0.902. The average Bonchev–Trinajstić information content (AvgIpc) is 3.10. The highest BCUT2D eigenvalue weighted by Gasteiger charge is 2.43. The van der Waals surface area contributed by atoms with Crippen LogP contribution in [0.2, 0.25) is 0 Å². The zero-order valence-electron chi connectivity index (χ0n) is 14.3. The highest BCUT2D eigenvalue weighted by atomic mass is 16.5. The van der Waals surface area contributed by atoms with Crippen LogP contribution in [0.1, 0.15) is 37.9 Å². The smallest absolute Gasteiger partial charge is 0.226 e. The molecule has 0 aromatic heterocycles. The second kappa shape index (κ2) is 6.82. The quantitative estimate of drug-likeness (QED) is 0.870. The Morgan fingerprint density at radius 3 is 2.88 bits per heavy atom. The SMILES string of the molecule is CC1CN(C(=O)C2CCCC3NNCC32)CC(c2ccccc2)O1. The van der Waals surface area contributed by atoms with Crippen molar-refractivity contribution in [3.8, 4) is 0 Å². The average molecular weight is 329 g/mol. The topological polar surface area (TPSA) is 53.6 Å². The number of hydrazine groups is 1. The summed E-state index contributed by atoms with van der Waals surface area (Å²) in [5, 5.41) is 0. The number of ether oxygens (including phenoxy) is 1. The molecule has 5 atom stereocenters. The van der Waals surface area contributed by atoms with Crippen molar-refractivity contribution < 1.29 is 9.53 Å². The van der Waals surface area contributed by atoms with Crippen LogP contribution in [0.4, 0.5) is 0 Å². The number of amides is 1. The van der Waals surface area contributed by atoms with E-state index in [9.17, 15) is 4.79 Å². The van der Waals surface area contributed by atoms with Crippen molar-refractivity contribution in [3.05, 3.63) is 35.9 Å². The van der Waals surface area contributed by atoms with E-state index in [-0.39, 0.29) is 18.1 Å². The molecule has 1 amide bonds. The van der Waals surface area contributed by atoms with Gasteiger partial charge in [-0.1, -0.05) is 36.8 Å². The Labute approximate surface area is 143 Å². The lowest BCUT2D eigenvalue weighted by atomic mass is 9.76. The summed E-state index contributed by atoms with van der Waals surface area (Å²) in [6.45, 7) is 4.35. The molecule has 1 saturated carbocycles. The first-order valence-electron chi connectivity index (χ1n) is 9.20. The molecule has 2 heterocycles. The van der Waals surface area contributed by atoms with Crippen molar-refractivity contribution >= 4 is 5.91 Å². The van der Waals surface area contributed by atoms with Gasteiger partial charge in [0.05, 0.1) is 12.6 Å². The fourth-order valence-corrected chi connectivity index (χ4v) is 4.56. The van der Waals surface area contributed by atoms with Crippen LogP contribution in [0, 0.1) is 11.8 Å². The predicted octanol–water partition coefficient (Wildman–Crippen LogP) is 1.87. The highest BCUT2D eigenvalue weighted by Crippen LogP contribution is 2.35. The summed E-state index contributed by atoms with van der Waals surface area (Å²) in [6.07, 6.45) is 3.39. The minimum absolute atomic E-state index is 0.0156. The predicted molar refractivity (Wildman–Crippen MR) is 92.1 cm³/mol. The first-order valence-corrected chi connectivity index (χ1v) is 9.20. The van der Waals surface area contributed by atoms with Gasteiger partial charge in [0.15, 0.2) is 0 Å². The molecule has 0 radical (unpaired) electrons. The first-order chi connectivity index (χ1) is 11.7. The van der Waals surface area contributed by atoms with Gasteiger partial charge in [0.2, 0.25) is 5.91 Å². The van der Waals surface area contributed by atoms with Crippen LogP contribution >= 0.6 is 0 Å². The van der Waals surface area contributed by atoms with E-state index in [0.29, 0.717) is 31.0 Å². The van der Waals surface area contributed by atoms with E-state index in [1.165, 1.54) is 6.42 Å². The van der Waals surface area contributed by atoms with Crippen LogP contribution in [0.3, 0.4) is 0 Å². The van der Waals surface area contributed by atoms with Crippen molar-refractivity contribution in [3.63, 3.8) is 0 Å². The zero-order chi connectivity index (χ0) is 16.5. The second-order valence-corrected chi connectivity index (χ2v) is 7.42. The van der Waals surface area contributed by atoms with Gasteiger partial charge in [-0.05, 0) is 25.3 Å². The van der Waals surface area contributed by atoms with Gasteiger partial charge < -0.3 is 9.64 Å². The monoisotopic (exact) mass is 329 g/mol. The fourth-order valence-electron chi connectivity index (χ4n) is 4.56. The van der Waals surface area contributed by atoms with E-state index in [4.69, 9.17) is 4.74 Å². The van der Waals surface area contributed by atoms with Gasteiger partial charge in [-0.3, -0.25) is 15.6 Å². The van der Waals surface area contributed by atoms with Gasteiger partial charge in [0.1, 0.15) is 6.10 Å². The number of hydrogen-bond donors (Lipinski definition) is 2. The van der Waals surface area contributed by atoms with Gasteiger partial charge in [-0.25, -0.2) is 0 Å². The van der Waals surface area contributed by atoms with Crippen molar-refractivity contribution in [2.75, 3.05) is 19.6 Å². The third-order valence-corrected chi connectivity index (χ3v) is 5.75. The number of nitrogens with zero attached hydrogens (tertiary/aromatic N) is 1. The lowest BCUT2D eigenvalue weighted by Crippen LogP contribution is -2.51. The molecule has 130 valence electrons. The summed E-state index contributed by atoms with van der Waals surface area (Å²) < 4.78 is 6.11. The normalized spacial score (nSPS) is 36.4. The van der Waals surface area contributed by atoms with Crippen LogP contribution < -0.4 is 10.9 Å². The number of rotatable bonds is 2. The maximum absolute atomic E-state index is 13.2. The number of carbonyl (C=O) groups excluding carboxylic acids is 1. The van der Waals surface area contributed by atoms with Crippen molar-refractivity contribution in [2.45, 2.75) is 44.4 Å². The number of nitrogens with one attached hydrogen (secondary N) is 2. The molecule has 5 heteroatoms. The summed E-state index contributed by atoms with van der Waals surface area (Å²) in [6, 6.07) is 10.7. The summed E-state index contributed by atoms with van der Waals surface area (Å²) >= 11 is 0. The molecule has 1 aromatic rings. The minimum Gasteiger partial charge on any atom is -0.367 e. The third kappa shape index (κ3) is 3.08. The summed E-state index contributed by atoms with van der Waals surface area (Å²) in [4.78, 5) is 15.3. The van der Waals surface area contributed by atoms with Gasteiger partial charge in [-0.15, -0.1) is 0 Å². The molecule has 2 aliphatic heterocycles. The molecule has 2 N–H and O–H groups in total. The van der Waals surface area contributed by atoms with Crippen LogP contribution in [0.25, 0.3) is 0 Å². The van der Waals surface area contributed by atoms with E-state index in [0.717, 1.165) is 24.9 Å². The summed E-state index contributed by atoms with van der Waals surface area (Å²) in [5.41, 5.74) is 7.75. The lowest BCUT2D eigenvalue weighted by Gasteiger charge is -2.41. The van der Waals surface area contributed by atoms with E-state index in [2.05, 4.69) is 34.8 Å². The Bertz CT molecular complexity index is 579. The van der Waals surface area contributed by atoms with E-state index in [1.54, 1.807) is 0 Å². The molecule has 3 fully saturated rings. The fraction of sp³-hybridized carbons (Fsp3) is 0.632. The van der Waals surface area contributed by atoms with Crippen molar-refractivity contribution in [2.24, 2.45) is 11.8 Å². The van der Waals surface area contributed by atoms with Gasteiger partial charge in [-0.2, -0.15) is 0 Å². The van der Waals surface area contributed by atoms with E-state index in [1.807, 2.05) is 18.2 Å². The highest BCUT2D eigenvalue weighted by molar-refractivity contribution is 5.79. The Balaban J connectivity index is 1.49. The molecule has 24 heavy (non-hydrogen) atoms. The van der Waals surface area contributed by atoms with Gasteiger partial charge in [0, 0.05) is 31.0 Å². The number of carbonyl (C=O) groups is 1. The molecule has 5 nitrogen and oxygen atoms in total. The molecule has 1 aromatic carbocycles. The summed E-state index contributed by atoms with van der Waals surface area (Å²) in [7, 11) is 0. The van der Waals surface area contributed by atoms with E-state index >= 15 is 0 Å². The Morgan fingerprint density at radius 2 is 2.04 bits per heavy atom. The Morgan fingerprint density at radius 1 is 1.21 bits per heavy atom. The molecule has 5 unspecified atom stereocenters. The van der Waals surface area contributed by atoms with Crippen molar-refractivity contribution in [1.29, 1.82) is 0 Å². The Kier molecular flexibility index (Phi) is 4.57. The first kappa shape index (κ1) is 16.1. The molecule has 0 spiro atoms. The maximum Gasteiger partial charge on any atom is 0.226 e.